The fraction of sp³-hybridized carbons (Fsp3) is 0.200. The minimum Gasteiger partial charge on any atom is -0.397 e. The van der Waals surface area contributed by atoms with Crippen molar-refractivity contribution in [2.45, 2.75) is 0 Å². The van der Waals surface area contributed by atoms with Gasteiger partial charge in [0.15, 0.2) is 5.78 Å². The molecular formula is C10H8BrNO5. The summed E-state index contributed by atoms with van der Waals surface area (Å²) in [6.07, 6.45) is 0. The lowest BCUT2D eigenvalue weighted by atomic mass is 10.0. The van der Waals surface area contributed by atoms with Crippen molar-refractivity contribution in [3.05, 3.63) is 45.5 Å². The number of carbonyl (C=O) groups is 2. The van der Waals surface area contributed by atoms with Gasteiger partial charge >= 0.3 is 12.7 Å². The van der Waals surface area contributed by atoms with Crippen LogP contribution in [-0.4, -0.2) is 28.7 Å². The highest BCUT2D eigenvalue weighted by molar-refractivity contribution is 9.09. The summed E-state index contributed by atoms with van der Waals surface area (Å²) in [5.41, 5.74) is 0.205. The predicted molar refractivity (Wildman–Crippen MR) is 61.8 cm³/mol. The molecule has 0 aromatic heterocycles. The molecule has 0 amide bonds. The smallest absolute Gasteiger partial charge is 0.347 e. The van der Waals surface area contributed by atoms with Gasteiger partial charge in [0, 0.05) is 5.56 Å². The van der Waals surface area contributed by atoms with Gasteiger partial charge in [-0.2, -0.15) is 0 Å². The summed E-state index contributed by atoms with van der Waals surface area (Å²) in [5.74, 6) is -1.18. The molecule has 0 heterocycles. The van der Waals surface area contributed by atoms with Crippen molar-refractivity contribution in [2.75, 3.05) is 12.1 Å². The Bertz CT molecular complexity index is 460. The third kappa shape index (κ3) is 3.63. The molecule has 1 rings (SSSR count). The van der Waals surface area contributed by atoms with E-state index in [0.717, 1.165) is 0 Å². The number of nitrogens with zero attached hydrogens (tertiary/aromatic N) is 1. The van der Waals surface area contributed by atoms with Crippen molar-refractivity contribution in [3.8, 4) is 0 Å². The molecule has 0 bridgehead atoms. The average Bonchev–Trinajstić information content (AvgIpc) is 2.34. The lowest BCUT2D eigenvalue weighted by Crippen LogP contribution is -2.16. The van der Waals surface area contributed by atoms with E-state index in [4.69, 9.17) is 0 Å². The molecular weight excluding hydrogens is 294 g/mol. The molecule has 7 heteroatoms. The Morgan fingerprint density at radius 1 is 1.29 bits per heavy atom. The van der Waals surface area contributed by atoms with E-state index in [0.29, 0.717) is 0 Å². The molecule has 0 aliphatic rings. The van der Waals surface area contributed by atoms with Crippen LogP contribution in [0.5, 0.6) is 0 Å². The number of ether oxygens (including phenoxy) is 1. The summed E-state index contributed by atoms with van der Waals surface area (Å²) >= 11 is 2.99. The average molecular weight is 302 g/mol. The van der Waals surface area contributed by atoms with Gasteiger partial charge in [0.1, 0.15) is 0 Å². The summed E-state index contributed by atoms with van der Waals surface area (Å²) in [6, 6.07) is 6.00. The van der Waals surface area contributed by atoms with E-state index in [2.05, 4.69) is 20.7 Å². The van der Waals surface area contributed by atoms with Crippen LogP contribution >= 0.6 is 15.9 Å². The van der Waals surface area contributed by atoms with Crippen LogP contribution in [0.4, 0.5) is 0 Å². The molecule has 0 saturated carbocycles. The Labute approximate surface area is 105 Å². The first-order valence-electron chi connectivity index (χ1n) is 4.53. The third-order valence-corrected chi connectivity index (χ3v) is 2.38. The first kappa shape index (κ1) is 13.3. The zero-order valence-electron chi connectivity index (χ0n) is 8.59. The van der Waals surface area contributed by atoms with Gasteiger partial charge in [0.05, 0.1) is 15.8 Å². The van der Waals surface area contributed by atoms with E-state index >= 15 is 0 Å². The molecule has 0 spiro atoms. The number of esters is 1. The van der Waals surface area contributed by atoms with E-state index in [9.17, 15) is 19.7 Å². The number of benzene rings is 1. The fourth-order valence-corrected chi connectivity index (χ4v) is 1.47. The van der Waals surface area contributed by atoms with Crippen molar-refractivity contribution >= 4 is 27.7 Å². The van der Waals surface area contributed by atoms with Crippen molar-refractivity contribution in [3.63, 3.8) is 0 Å². The largest absolute Gasteiger partial charge is 0.397 e. The Morgan fingerprint density at radius 2 is 1.88 bits per heavy atom. The van der Waals surface area contributed by atoms with Crippen LogP contribution in [0.1, 0.15) is 20.7 Å². The van der Waals surface area contributed by atoms with Gasteiger partial charge in [0.25, 0.3) is 0 Å². The Morgan fingerprint density at radius 3 is 2.41 bits per heavy atom. The topological polar surface area (TPSA) is 86.5 Å². The van der Waals surface area contributed by atoms with E-state index < -0.39 is 17.6 Å². The predicted octanol–water partition coefficient (Wildman–Crippen LogP) is 1.66. The number of halogens is 1. The lowest BCUT2D eigenvalue weighted by Gasteiger charge is -2.05. The maximum absolute atomic E-state index is 11.5. The van der Waals surface area contributed by atoms with E-state index in [1.807, 2.05) is 0 Å². The highest BCUT2D eigenvalue weighted by Gasteiger charge is 2.18. The molecule has 0 fully saturated rings. The molecule has 0 aliphatic carbocycles. The monoisotopic (exact) mass is 301 g/mol. The number of nitro groups is 1. The number of alkyl halides is 1. The molecule has 0 N–H and O–H groups in total. The second kappa shape index (κ2) is 6.09. The molecule has 0 unspecified atom stereocenters. The lowest BCUT2D eigenvalue weighted by molar-refractivity contribution is -0.517. The van der Waals surface area contributed by atoms with E-state index in [1.165, 1.54) is 12.1 Å². The van der Waals surface area contributed by atoms with Gasteiger partial charge in [-0.3, -0.25) is 14.9 Å². The van der Waals surface area contributed by atoms with Gasteiger partial charge < -0.3 is 4.74 Å². The Hall–Kier alpha value is -1.76. The molecule has 0 aliphatic heterocycles. The molecule has 1 aromatic rings. The van der Waals surface area contributed by atoms with E-state index in [1.54, 1.807) is 12.1 Å². The van der Waals surface area contributed by atoms with Crippen LogP contribution in [0.2, 0.25) is 0 Å². The van der Waals surface area contributed by atoms with Crippen molar-refractivity contribution in [2.24, 2.45) is 0 Å². The van der Waals surface area contributed by atoms with Crippen molar-refractivity contribution in [1.82, 2.24) is 0 Å². The molecule has 1 aromatic carbocycles. The zero-order valence-corrected chi connectivity index (χ0v) is 10.2. The first-order valence-corrected chi connectivity index (χ1v) is 5.65. The molecule has 0 saturated heterocycles. The van der Waals surface area contributed by atoms with Gasteiger partial charge in [-0.1, -0.05) is 34.1 Å². The van der Waals surface area contributed by atoms with Crippen LogP contribution in [-0.2, 0) is 4.74 Å². The van der Waals surface area contributed by atoms with Crippen LogP contribution in [0.3, 0.4) is 0 Å². The summed E-state index contributed by atoms with van der Waals surface area (Å²) in [4.78, 5) is 32.3. The minimum atomic E-state index is -0.921. The summed E-state index contributed by atoms with van der Waals surface area (Å²) < 4.78 is 4.42. The molecule has 6 nitrogen and oxygen atoms in total. The number of hydrogen-bond acceptors (Lipinski definition) is 5. The van der Waals surface area contributed by atoms with Gasteiger partial charge in [-0.25, -0.2) is 4.79 Å². The van der Waals surface area contributed by atoms with Crippen LogP contribution in [0, 0.1) is 10.1 Å². The van der Waals surface area contributed by atoms with Gasteiger partial charge in [0.2, 0.25) is 0 Å². The minimum absolute atomic E-state index is 0.0267. The number of Topliss-reactive ketones (excluding diaryl/α,β-unsaturated/α-hetero) is 1. The standard InChI is InChI=1S/C10H8BrNO5/c11-5-9(13)7-3-1-2-4-8(7)10(14)17-6-12(15)16/h1-4H,5-6H2. The van der Waals surface area contributed by atoms with E-state index in [-0.39, 0.29) is 22.2 Å². The molecule has 90 valence electrons. The first-order chi connectivity index (χ1) is 8.06. The maximum Gasteiger partial charge on any atom is 0.347 e. The third-order valence-electron chi connectivity index (χ3n) is 1.87. The zero-order chi connectivity index (χ0) is 12.8. The summed E-state index contributed by atoms with van der Waals surface area (Å²) in [7, 11) is 0. The second-order valence-electron chi connectivity index (χ2n) is 3.00. The number of hydrogen-bond donors (Lipinski definition) is 0. The van der Waals surface area contributed by atoms with Gasteiger partial charge in [-0.15, -0.1) is 0 Å². The summed E-state index contributed by atoms with van der Waals surface area (Å²) in [6.45, 7) is -0.921. The number of ketones is 1. The Kier molecular flexibility index (Phi) is 4.77. The summed E-state index contributed by atoms with van der Waals surface area (Å²) in [5, 5.41) is 10.1. The molecule has 0 atom stereocenters. The Balaban J connectivity index is 2.93. The van der Waals surface area contributed by atoms with Crippen molar-refractivity contribution < 1.29 is 19.2 Å². The highest BCUT2D eigenvalue weighted by Crippen LogP contribution is 2.12. The van der Waals surface area contributed by atoms with Gasteiger partial charge in [-0.05, 0) is 6.07 Å². The SMILES string of the molecule is O=C(CBr)c1ccccc1C(=O)OC[N+](=O)[O-]. The quantitative estimate of drug-likeness (QED) is 0.206. The number of rotatable bonds is 5. The van der Waals surface area contributed by atoms with Crippen molar-refractivity contribution in [1.29, 1.82) is 0 Å². The highest BCUT2D eigenvalue weighted by atomic mass is 79.9. The van der Waals surface area contributed by atoms with Crippen LogP contribution < -0.4 is 0 Å². The number of carbonyl (C=O) groups excluding carboxylic acids is 2. The van der Waals surface area contributed by atoms with Crippen LogP contribution in [0.15, 0.2) is 24.3 Å². The molecule has 0 radical (unpaired) electrons. The normalized spacial score (nSPS) is 9.71. The molecule has 17 heavy (non-hydrogen) atoms. The van der Waals surface area contributed by atoms with Crippen LogP contribution in [0.25, 0.3) is 0 Å². The fourth-order valence-electron chi connectivity index (χ4n) is 1.17. The second-order valence-corrected chi connectivity index (χ2v) is 3.56. The maximum atomic E-state index is 11.5.